The Morgan fingerprint density at radius 3 is 2.61 bits per heavy atom. The molecule has 2 atom stereocenters. The van der Waals surface area contributed by atoms with Crippen LogP contribution in [0.4, 0.5) is 0 Å². The number of aromatic nitrogens is 4. The lowest BCUT2D eigenvalue weighted by molar-refractivity contribution is 0.375. The third kappa shape index (κ3) is 3.51. The van der Waals surface area contributed by atoms with Crippen LogP contribution in [-0.2, 0) is 6.54 Å². The van der Waals surface area contributed by atoms with Crippen molar-refractivity contribution >= 4 is 0 Å². The van der Waals surface area contributed by atoms with Gasteiger partial charge in [-0.05, 0) is 54.5 Å². The normalized spacial score (nSPS) is 19.2. The minimum absolute atomic E-state index is 0.216. The average molecular weight is 251 g/mol. The summed E-state index contributed by atoms with van der Waals surface area (Å²) in [6.45, 7) is 10.8. The van der Waals surface area contributed by atoms with Gasteiger partial charge in [-0.1, -0.05) is 20.8 Å². The molecule has 1 aromatic rings. The van der Waals surface area contributed by atoms with Gasteiger partial charge in [0.15, 0.2) is 5.82 Å². The van der Waals surface area contributed by atoms with E-state index in [-0.39, 0.29) is 6.04 Å². The third-order valence-corrected chi connectivity index (χ3v) is 3.67. The molecule has 1 aromatic heterocycles. The van der Waals surface area contributed by atoms with Crippen LogP contribution >= 0.6 is 0 Å². The fourth-order valence-corrected chi connectivity index (χ4v) is 2.24. The van der Waals surface area contributed by atoms with E-state index in [9.17, 15) is 0 Å². The van der Waals surface area contributed by atoms with Crippen LogP contribution in [0, 0.1) is 17.8 Å². The van der Waals surface area contributed by atoms with E-state index < -0.39 is 0 Å². The molecule has 5 nitrogen and oxygen atoms in total. The summed E-state index contributed by atoms with van der Waals surface area (Å²) in [4.78, 5) is 0. The fourth-order valence-electron chi connectivity index (χ4n) is 2.24. The Balaban J connectivity index is 1.93. The maximum atomic E-state index is 4.17. The van der Waals surface area contributed by atoms with Gasteiger partial charge in [0.25, 0.3) is 0 Å². The highest BCUT2D eigenvalue weighted by Gasteiger charge is 2.29. The molecule has 2 rings (SSSR count). The van der Waals surface area contributed by atoms with E-state index in [0.717, 1.165) is 24.8 Å². The van der Waals surface area contributed by atoms with Crippen molar-refractivity contribution in [2.45, 2.75) is 53.1 Å². The number of hydrogen-bond acceptors (Lipinski definition) is 4. The summed E-state index contributed by atoms with van der Waals surface area (Å²) < 4.78 is 1.97. The molecule has 0 spiro atoms. The van der Waals surface area contributed by atoms with Crippen LogP contribution < -0.4 is 5.32 Å². The quantitative estimate of drug-likeness (QED) is 0.805. The topological polar surface area (TPSA) is 55.6 Å². The first-order valence-electron chi connectivity index (χ1n) is 7.07. The Morgan fingerprint density at radius 1 is 1.28 bits per heavy atom. The SMILES string of the molecule is CC(C)CNC(C)c1nnnn1CC(C)C1CC1. The summed E-state index contributed by atoms with van der Waals surface area (Å²) in [5, 5.41) is 15.6. The van der Waals surface area contributed by atoms with Crippen molar-refractivity contribution in [3.05, 3.63) is 5.82 Å². The third-order valence-electron chi connectivity index (χ3n) is 3.67. The molecule has 1 fully saturated rings. The second-order valence-electron chi connectivity index (χ2n) is 6.06. The summed E-state index contributed by atoms with van der Waals surface area (Å²) in [5.41, 5.74) is 0. The van der Waals surface area contributed by atoms with Crippen LogP contribution in [0.5, 0.6) is 0 Å². The summed E-state index contributed by atoms with van der Waals surface area (Å²) in [6.07, 6.45) is 2.75. The Labute approximate surface area is 109 Å². The lowest BCUT2D eigenvalue weighted by Gasteiger charge is -2.16. The van der Waals surface area contributed by atoms with Gasteiger partial charge in [0.2, 0.25) is 0 Å². The lowest BCUT2D eigenvalue weighted by atomic mass is 10.1. The molecular formula is C13H25N5. The average Bonchev–Trinajstić information content (AvgIpc) is 3.07. The van der Waals surface area contributed by atoms with Crippen molar-refractivity contribution < 1.29 is 0 Å². The van der Waals surface area contributed by atoms with E-state index in [1.165, 1.54) is 12.8 Å². The van der Waals surface area contributed by atoms with Gasteiger partial charge < -0.3 is 5.32 Å². The smallest absolute Gasteiger partial charge is 0.167 e. The van der Waals surface area contributed by atoms with Crippen LogP contribution in [0.2, 0.25) is 0 Å². The van der Waals surface area contributed by atoms with Gasteiger partial charge in [0.1, 0.15) is 0 Å². The van der Waals surface area contributed by atoms with Gasteiger partial charge in [-0.15, -0.1) is 5.10 Å². The van der Waals surface area contributed by atoms with Crippen LogP contribution in [0.1, 0.15) is 52.4 Å². The van der Waals surface area contributed by atoms with Crippen molar-refractivity contribution in [1.82, 2.24) is 25.5 Å². The van der Waals surface area contributed by atoms with Crippen LogP contribution in [0.25, 0.3) is 0 Å². The number of nitrogens with zero attached hydrogens (tertiary/aromatic N) is 4. The van der Waals surface area contributed by atoms with Crippen molar-refractivity contribution in [3.63, 3.8) is 0 Å². The Bertz CT molecular complexity index is 369. The van der Waals surface area contributed by atoms with Gasteiger partial charge in [-0.25, -0.2) is 4.68 Å². The number of nitrogens with one attached hydrogen (secondary N) is 1. The molecule has 102 valence electrons. The molecule has 1 saturated carbocycles. The molecule has 0 amide bonds. The van der Waals surface area contributed by atoms with Gasteiger partial charge in [0, 0.05) is 6.54 Å². The molecule has 0 aromatic carbocycles. The van der Waals surface area contributed by atoms with Gasteiger partial charge in [0.05, 0.1) is 6.04 Å². The van der Waals surface area contributed by atoms with E-state index in [0.29, 0.717) is 11.8 Å². The highest BCUT2D eigenvalue weighted by atomic mass is 15.5. The first kappa shape index (κ1) is 13.5. The molecule has 1 aliphatic carbocycles. The Hall–Kier alpha value is -0.970. The molecule has 0 radical (unpaired) electrons. The molecule has 18 heavy (non-hydrogen) atoms. The maximum Gasteiger partial charge on any atom is 0.167 e. The summed E-state index contributed by atoms with van der Waals surface area (Å²) >= 11 is 0. The first-order valence-corrected chi connectivity index (χ1v) is 7.07. The maximum absolute atomic E-state index is 4.17. The van der Waals surface area contributed by atoms with Crippen molar-refractivity contribution in [2.75, 3.05) is 6.54 Å². The first-order chi connectivity index (χ1) is 8.58. The highest BCUT2D eigenvalue weighted by Crippen LogP contribution is 2.37. The van der Waals surface area contributed by atoms with Gasteiger partial charge in [-0.3, -0.25) is 0 Å². The predicted molar refractivity (Wildman–Crippen MR) is 71.0 cm³/mol. The molecule has 2 unspecified atom stereocenters. The van der Waals surface area contributed by atoms with Crippen LogP contribution in [0.3, 0.4) is 0 Å². The van der Waals surface area contributed by atoms with Gasteiger partial charge >= 0.3 is 0 Å². The molecule has 0 bridgehead atoms. The van der Waals surface area contributed by atoms with Crippen molar-refractivity contribution in [3.8, 4) is 0 Å². The lowest BCUT2D eigenvalue weighted by Crippen LogP contribution is -2.27. The summed E-state index contributed by atoms with van der Waals surface area (Å²) in [7, 11) is 0. The fraction of sp³-hybridized carbons (Fsp3) is 0.923. The van der Waals surface area contributed by atoms with E-state index in [2.05, 4.69) is 48.5 Å². The standard InChI is InChI=1S/C13H25N5/c1-9(2)7-14-11(4)13-15-16-17-18(13)8-10(3)12-5-6-12/h9-12,14H,5-8H2,1-4H3. The van der Waals surface area contributed by atoms with E-state index in [1.54, 1.807) is 0 Å². The number of tetrazole rings is 1. The Kier molecular flexibility index (Phi) is 4.32. The molecule has 0 aliphatic heterocycles. The van der Waals surface area contributed by atoms with Gasteiger partial charge in [-0.2, -0.15) is 0 Å². The van der Waals surface area contributed by atoms with Crippen LogP contribution in [0.15, 0.2) is 0 Å². The summed E-state index contributed by atoms with van der Waals surface area (Å²) in [6, 6.07) is 0.216. The van der Waals surface area contributed by atoms with Crippen molar-refractivity contribution in [1.29, 1.82) is 0 Å². The zero-order valence-electron chi connectivity index (χ0n) is 11.9. The molecule has 1 aliphatic rings. The minimum Gasteiger partial charge on any atom is -0.307 e. The van der Waals surface area contributed by atoms with E-state index in [4.69, 9.17) is 0 Å². The van der Waals surface area contributed by atoms with Crippen LogP contribution in [-0.4, -0.2) is 26.8 Å². The molecule has 0 saturated heterocycles. The molecule has 5 heteroatoms. The number of hydrogen-bond donors (Lipinski definition) is 1. The predicted octanol–water partition coefficient (Wildman–Crippen LogP) is 2.03. The van der Waals surface area contributed by atoms with E-state index >= 15 is 0 Å². The second-order valence-corrected chi connectivity index (χ2v) is 6.06. The highest BCUT2D eigenvalue weighted by molar-refractivity contribution is 4.91. The minimum atomic E-state index is 0.216. The zero-order chi connectivity index (χ0) is 13.1. The summed E-state index contributed by atoms with van der Waals surface area (Å²) in [5.74, 6) is 3.18. The van der Waals surface area contributed by atoms with Crippen molar-refractivity contribution in [2.24, 2.45) is 17.8 Å². The molecule has 1 heterocycles. The Morgan fingerprint density at radius 2 is 2.00 bits per heavy atom. The number of rotatable bonds is 7. The monoisotopic (exact) mass is 251 g/mol. The molecule has 1 N–H and O–H groups in total. The molecular weight excluding hydrogens is 226 g/mol. The largest absolute Gasteiger partial charge is 0.307 e. The van der Waals surface area contributed by atoms with E-state index in [1.807, 2.05) is 4.68 Å². The second kappa shape index (κ2) is 5.78. The zero-order valence-corrected chi connectivity index (χ0v) is 11.9.